The maximum Gasteiger partial charge on any atom is 0.262 e. The molecule has 9 heteroatoms. The fourth-order valence-corrected chi connectivity index (χ4v) is 6.23. The van der Waals surface area contributed by atoms with Gasteiger partial charge in [-0.3, -0.25) is 19.1 Å². The molecular weight excluding hydrogens is 456 g/mol. The number of ether oxygens (including phenoxy) is 1. The van der Waals surface area contributed by atoms with Gasteiger partial charge in [0.1, 0.15) is 0 Å². The van der Waals surface area contributed by atoms with Crippen LogP contribution in [0.5, 0.6) is 0 Å². The van der Waals surface area contributed by atoms with Gasteiger partial charge in [-0.15, -0.1) is 11.3 Å². The lowest BCUT2D eigenvalue weighted by atomic mass is 10.1. The molecule has 174 valence electrons. The zero-order valence-corrected chi connectivity index (χ0v) is 20.2. The van der Waals surface area contributed by atoms with Gasteiger partial charge in [-0.1, -0.05) is 23.9 Å². The maximum atomic E-state index is 13.3. The van der Waals surface area contributed by atoms with Crippen LogP contribution in [0.2, 0.25) is 0 Å². The van der Waals surface area contributed by atoms with Crippen molar-refractivity contribution in [2.75, 3.05) is 45.1 Å². The van der Waals surface area contributed by atoms with Crippen LogP contribution < -0.4 is 5.56 Å². The maximum absolute atomic E-state index is 13.3. The monoisotopic (exact) mass is 484 g/mol. The number of hydrogen-bond donors (Lipinski definition) is 0. The number of thioether (sulfide) groups is 1. The molecule has 7 nitrogen and oxygen atoms in total. The zero-order valence-electron chi connectivity index (χ0n) is 18.6. The Morgan fingerprint density at radius 2 is 1.97 bits per heavy atom. The molecule has 1 fully saturated rings. The Kier molecular flexibility index (Phi) is 7.10. The van der Waals surface area contributed by atoms with Gasteiger partial charge >= 0.3 is 0 Å². The van der Waals surface area contributed by atoms with Gasteiger partial charge in [0.2, 0.25) is 5.91 Å². The lowest BCUT2D eigenvalue weighted by molar-refractivity contribution is -0.129. The smallest absolute Gasteiger partial charge is 0.262 e. The number of fused-ring (bicyclic) bond motifs is 2. The van der Waals surface area contributed by atoms with E-state index in [0.29, 0.717) is 29.1 Å². The highest BCUT2D eigenvalue weighted by Gasteiger charge is 2.22. The third-order valence-electron chi connectivity index (χ3n) is 6.27. The summed E-state index contributed by atoms with van der Waals surface area (Å²) < 4.78 is 7.18. The van der Waals surface area contributed by atoms with Crippen molar-refractivity contribution in [2.45, 2.75) is 31.1 Å². The van der Waals surface area contributed by atoms with E-state index in [2.05, 4.69) is 16.3 Å². The number of nitrogens with zero attached hydrogens (tertiary/aromatic N) is 4. The molecule has 1 saturated heterocycles. The number of benzene rings is 1. The molecule has 0 saturated carbocycles. The van der Waals surface area contributed by atoms with E-state index in [4.69, 9.17) is 9.72 Å². The highest BCUT2D eigenvalue weighted by atomic mass is 32.2. The van der Waals surface area contributed by atoms with E-state index in [9.17, 15) is 9.59 Å². The molecule has 4 heterocycles. The highest BCUT2D eigenvalue weighted by molar-refractivity contribution is 7.99. The predicted molar refractivity (Wildman–Crippen MR) is 132 cm³/mol. The average molecular weight is 485 g/mol. The first-order valence-corrected chi connectivity index (χ1v) is 13.3. The molecule has 5 rings (SSSR count). The molecule has 2 aliphatic heterocycles. The van der Waals surface area contributed by atoms with Crippen molar-refractivity contribution in [2.24, 2.45) is 0 Å². The highest BCUT2D eigenvalue weighted by Crippen LogP contribution is 2.25. The number of carbonyl (C=O) groups excluding carboxylic acids is 1. The number of hydrogen-bond acceptors (Lipinski definition) is 7. The number of para-hydroxylation sites is 1. The molecule has 1 aromatic carbocycles. The average Bonchev–Trinajstić information content (AvgIpc) is 3.33. The van der Waals surface area contributed by atoms with E-state index >= 15 is 0 Å². The zero-order chi connectivity index (χ0) is 22.6. The van der Waals surface area contributed by atoms with E-state index in [1.807, 2.05) is 29.2 Å². The van der Waals surface area contributed by atoms with Crippen LogP contribution in [0.3, 0.4) is 0 Å². The molecule has 1 amide bonds. The summed E-state index contributed by atoms with van der Waals surface area (Å²) in [6.07, 6.45) is 1.78. The minimum absolute atomic E-state index is 0.0292. The van der Waals surface area contributed by atoms with Crippen molar-refractivity contribution < 1.29 is 9.53 Å². The van der Waals surface area contributed by atoms with E-state index in [-0.39, 0.29) is 17.2 Å². The molecule has 0 aliphatic carbocycles. The van der Waals surface area contributed by atoms with Crippen LogP contribution in [0.1, 0.15) is 16.9 Å². The van der Waals surface area contributed by atoms with Gasteiger partial charge in [0.15, 0.2) is 5.16 Å². The summed E-state index contributed by atoms with van der Waals surface area (Å²) >= 11 is 3.15. The Hall–Kier alpha value is -2.20. The summed E-state index contributed by atoms with van der Waals surface area (Å²) in [4.78, 5) is 36.7. The lowest BCUT2D eigenvalue weighted by Crippen LogP contribution is -2.37. The van der Waals surface area contributed by atoms with E-state index < -0.39 is 0 Å². The van der Waals surface area contributed by atoms with E-state index in [1.165, 1.54) is 22.2 Å². The molecule has 2 aliphatic rings. The fraction of sp³-hybridized carbons (Fsp3) is 0.458. The Labute approximate surface area is 201 Å². The molecule has 0 radical (unpaired) electrons. The summed E-state index contributed by atoms with van der Waals surface area (Å²) in [6, 6.07) is 9.57. The first kappa shape index (κ1) is 22.6. The molecule has 0 spiro atoms. The summed E-state index contributed by atoms with van der Waals surface area (Å²) in [5.41, 5.74) is 1.91. The van der Waals surface area contributed by atoms with Crippen molar-refractivity contribution in [3.63, 3.8) is 0 Å². The second-order valence-corrected chi connectivity index (χ2v) is 10.3. The van der Waals surface area contributed by atoms with Crippen molar-refractivity contribution >= 4 is 39.9 Å². The fourth-order valence-electron chi connectivity index (χ4n) is 4.41. The van der Waals surface area contributed by atoms with Crippen LogP contribution in [0.4, 0.5) is 0 Å². The van der Waals surface area contributed by atoms with E-state index in [0.717, 1.165) is 52.2 Å². The third kappa shape index (κ3) is 5.16. The largest absolute Gasteiger partial charge is 0.379 e. The number of morpholine rings is 1. The van der Waals surface area contributed by atoms with Crippen LogP contribution in [0, 0.1) is 0 Å². The molecule has 0 atom stereocenters. The number of rotatable bonds is 7. The van der Waals surface area contributed by atoms with Crippen LogP contribution in [-0.2, 0) is 29.0 Å². The number of aromatic nitrogens is 2. The topological polar surface area (TPSA) is 67.7 Å². The minimum Gasteiger partial charge on any atom is -0.379 e. The Morgan fingerprint density at radius 3 is 2.85 bits per heavy atom. The molecule has 2 aromatic heterocycles. The standard InChI is InChI=1S/C24H28N4O3S2/c29-22(27-10-6-21-18(16-27)7-15-32-21)17-33-24-25-20-5-2-1-4-19(20)23(30)28(24)9-3-8-26-11-13-31-14-12-26/h1-2,4-5,7,15H,3,6,8-14,16-17H2. The van der Waals surface area contributed by atoms with Crippen molar-refractivity contribution in [3.8, 4) is 0 Å². The van der Waals surface area contributed by atoms with Gasteiger partial charge in [-0.25, -0.2) is 4.98 Å². The first-order chi connectivity index (χ1) is 16.2. The van der Waals surface area contributed by atoms with Gasteiger partial charge < -0.3 is 9.64 Å². The van der Waals surface area contributed by atoms with E-state index in [1.54, 1.807) is 15.9 Å². The van der Waals surface area contributed by atoms with Gasteiger partial charge in [0.25, 0.3) is 5.56 Å². The van der Waals surface area contributed by atoms with Crippen LogP contribution in [0.15, 0.2) is 45.7 Å². The van der Waals surface area contributed by atoms with Crippen LogP contribution in [0.25, 0.3) is 10.9 Å². The van der Waals surface area contributed by atoms with Gasteiger partial charge in [0, 0.05) is 44.1 Å². The SMILES string of the molecule is O=C(CSc1nc2ccccc2c(=O)n1CCCN1CCOCC1)N1CCc2sccc2C1. The first-order valence-electron chi connectivity index (χ1n) is 11.4. The van der Waals surface area contributed by atoms with Crippen LogP contribution in [-0.4, -0.2) is 70.4 Å². The number of thiophene rings is 1. The van der Waals surface area contributed by atoms with Crippen molar-refractivity contribution in [3.05, 3.63) is 56.5 Å². The summed E-state index contributed by atoms with van der Waals surface area (Å²) in [5.74, 6) is 0.382. The summed E-state index contributed by atoms with van der Waals surface area (Å²) in [5, 5.41) is 3.35. The molecule has 0 bridgehead atoms. The second-order valence-electron chi connectivity index (χ2n) is 8.40. The molecule has 33 heavy (non-hydrogen) atoms. The Bertz CT molecular complexity index is 1190. The van der Waals surface area contributed by atoms with Crippen molar-refractivity contribution in [1.29, 1.82) is 0 Å². The van der Waals surface area contributed by atoms with Gasteiger partial charge in [-0.2, -0.15) is 0 Å². The normalized spacial score (nSPS) is 16.8. The quantitative estimate of drug-likeness (QED) is 0.380. The lowest BCUT2D eigenvalue weighted by Gasteiger charge is -2.27. The summed E-state index contributed by atoms with van der Waals surface area (Å²) in [7, 11) is 0. The van der Waals surface area contributed by atoms with Gasteiger partial charge in [-0.05, 0) is 42.0 Å². The molecule has 0 N–H and O–H groups in total. The van der Waals surface area contributed by atoms with Gasteiger partial charge in [0.05, 0.1) is 29.9 Å². The van der Waals surface area contributed by atoms with Crippen LogP contribution >= 0.6 is 23.1 Å². The predicted octanol–water partition coefficient (Wildman–Crippen LogP) is 2.86. The molecule has 3 aromatic rings. The van der Waals surface area contributed by atoms with Crippen molar-refractivity contribution in [1.82, 2.24) is 19.4 Å². The third-order valence-corrected chi connectivity index (χ3v) is 8.26. The molecule has 0 unspecified atom stereocenters. The Morgan fingerprint density at radius 1 is 1.12 bits per heavy atom. The molecular formula is C24H28N4O3S2. The number of carbonyl (C=O) groups is 1. The minimum atomic E-state index is -0.0292. The summed E-state index contributed by atoms with van der Waals surface area (Å²) in [6.45, 7) is 6.34. The number of amides is 1. The second kappa shape index (κ2) is 10.4. The Balaban J connectivity index is 1.30.